The van der Waals surface area contributed by atoms with Crippen LogP contribution in [0.25, 0.3) is 0 Å². The summed E-state index contributed by atoms with van der Waals surface area (Å²) in [5, 5.41) is 2.88. The van der Waals surface area contributed by atoms with Crippen LogP contribution in [0.1, 0.15) is 35.4 Å². The third kappa shape index (κ3) is 5.66. The molecule has 0 spiro atoms. The van der Waals surface area contributed by atoms with Gasteiger partial charge in [-0.3, -0.25) is 4.79 Å². The molecule has 2 heterocycles. The lowest BCUT2D eigenvalue weighted by atomic mass is 10.2. The zero-order valence-corrected chi connectivity index (χ0v) is 16.0. The summed E-state index contributed by atoms with van der Waals surface area (Å²) in [6, 6.07) is 9.31. The Morgan fingerprint density at radius 3 is 2.52 bits per heavy atom. The second kappa shape index (κ2) is 9.16. The summed E-state index contributed by atoms with van der Waals surface area (Å²) < 4.78 is 32.2. The fourth-order valence-electron chi connectivity index (χ4n) is 3.06. The summed E-state index contributed by atoms with van der Waals surface area (Å²) >= 11 is 0. The maximum absolute atomic E-state index is 12.3. The van der Waals surface area contributed by atoms with Crippen LogP contribution in [-0.2, 0) is 16.6 Å². The number of likely N-dealkylation sites (tertiary alicyclic amines) is 1. The van der Waals surface area contributed by atoms with E-state index >= 15 is 0 Å². The molecule has 0 unspecified atom stereocenters. The van der Waals surface area contributed by atoms with Crippen LogP contribution in [0.15, 0.2) is 52.0 Å². The first-order chi connectivity index (χ1) is 13.0. The van der Waals surface area contributed by atoms with E-state index in [9.17, 15) is 13.2 Å². The van der Waals surface area contributed by atoms with E-state index in [2.05, 4.69) is 14.9 Å². The van der Waals surface area contributed by atoms with Gasteiger partial charge in [0.1, 0.15) is 5.76 Å². The number of hydrogen-bond acceptors (Lipinski definition) is 5. The summed E-state index contributed by atoms with van der Waals surface area (Å²) in [4.78, 5) is 14.7. The van der Waals surface area contributed by atoms with Crippen LogP contribution < -0.4 is 10.0 Å². The Balaban J connectivity index is 1.47. The number of nitrogens with one attached hydrogen (secondary N) is 2. The van der Waals surface area contributed by atoms with Crippen molar-refractivity contribution in [2.75, 3.05) is 26.2 Å². The van der Waals surface area contributed by atoms with Crippen molar-refractivity contribution >= 4 is 15.9 Å². The molecular weight excluding hydrogens is 366 g/mol. The quantitative estimate of drug-likeness (QED) is 0.638. The van der Waals surface area contributed by atoms with E-state index in [1.807, 2.05) is 0 Å². The number of hydrogen-bond donors (Lipinski definition) is 2. The zero-order chi connectivity index (χ0) is 19.1. The third-order valence-corrected chi connectivity index (χ3v) is 6.00. The Morgan fingerprint density at radius 2 is 1.85 bits per heavy atom. The van der Waals surface area contributed by atoms with E-state index < -0.39 is 10.0 Å². The fourth-order valence-corrected chi connectivity index (χ4v) is 4.05. The van der Waals surface area contributed by atoms with Crippen molar-refractivity contribution in [3.63, 3.8) is 0 Å². The van der Waals surface area contributed by atoms with Gasteiger partial charge in [0.05, 0.1) is 17.7 Å². The van der Waals surface area contributed by atoms with Crippen molar-refractivity contribution in [3.05, 3.63) is 54.0 Å². The molecule has 1 fully saturated rings. The molecule has 1 aliphatic rings. The number of carbonyl (C=O) groups is 1. The van der Waals surface area contributed by atoms with Crippen molar-refractivity contribution < 1.29 is 17.6 Å². The molecule has 27 heavy (non-hydrogen) atoms. The minimum absolute atomic E-state index is 0.0780. The second-order valence-corrected chi connectivity index (χ2v) is 8.35. The largest absolute Gasteiger partial charge is 0.468 e. The molecule has 7 nitrogen and oxygen atoms in total. The van der Waals surface area contributed by atoms with Gasteiger partial charge in [0, 0.05) is 12.1 Å². The summed E-state index contributed by atoms with van der Waals surface area (Å²) in [5.74, 6) is 0.340. The monoisotopic (exact) mass is 391 g/mol. The molecular formula is C19H25N3O4S. The molecule has 0 radical (unpaired) electrons. The molecule has 0 atom stereocenters. The van der Waals surface area contributed by atoms with Gasteiger partial charge in [0.15, 0.2) is 0 Å². The predicted molar refractivity (Wildman–Crippen MR) is 102 cm³/mol. The topological polar surface area (TPSA) is 91.7 Å². The molecule has 1 amide bonds. The van der Waals surface area contributed by atoms with E-state index in [1.54, 1.807) is 12.1 Å². The molecule has 8 heteroatoms. The Morgan fingerprint density at radius 1 is 1.11 bits per heavy atom. The van der Waals surface area contributed by atoms with Gasteiger partial charge in [-0.2, -0.15) is 0 Å². The Labute approximate surface area is 159 Å². The minimum atomic E-state index is -3.66. The number of rotatable bonds is 9. The standard InChI is InChI=1S/C19H25N3O4S/c23-19(20-10-4-13-22-11-1-2-12-22)16-6-8-18(9-7-16)27(24,25)21-15-17-5-3-14-26-17/h3,5-9,14,21H,1-2,4,10-13,15H2,(H,20,23). The number of benzene rings is 1. The highest BCUT2D eigenvalue weighted by molar-refractivity contribution is 7.89. The number of furan rings is 1. The first-order valence-electron chi connectivity index (χ1n) is 9.17. The van der Waals surface area contributed by atoms with Gasteiger partial charge in [-0.05, 0) is 75.3 Å². The molecule has 1 aromatic heterocycles. The summed E-state index contributed by atoms with van der Waals surface area (Å²) in [5.41, 5.74) is 0.446. The lowest BCUT2D eigenvalue weighted by Crippen LogP contribution is -2.28. The Kier molecular flexibility index (Phi) is 6.65. The van der Waals surface area contributed by atoms with Gasteiger partial charge >= 0.3 is 0 Å². The van der Waals surface area contributed by atoms with Gasteiger partial charge < -0.3 is 14.6 Å². The first-order valence-corrected chi connectivity index (χ1v) is 10.7. The minimum Gasteiger partial charge on any atom is -0.468 e. The highest BCUT2D eigenvalue weighted by atomic mass is 32.2. The average molecular weight is 391 g/mol. The highest BCUT2D eigenvalue weighted by Crippen LogP contribution is 2.12. The van der Waals surface area contributed by atoms with Crippen molar-refractivity contribution in [2.24, 2.45) is 0 Å². The molecule has 0 bridgehead atoms. The molecule has 3 rings (SSSR count). The normalized spacial score (nSPS) is 15.1. The van der Waals surface area contributed by atoms with Gasteiger partial charge in [-0.25, -0.2) is 13.1 Å². The van der Waals surface area contributed by atoms with Gasteiger partial charge in [-0.1, -0.05) is 0 Å². The van der Waals surface area contributed by atoms with Crippen molar-refractivity contribution in [3.8, 4) is 0 Å². The molecule has 146 valence electrons. The van der Waals surface area contributed by atoms with Gasteiger partial charge in [0.2, 0.25) is 10.0 Å². The summed E-state index contributed by atoms with van der Waals surface area (Å²) in [7, 11) is -3.66. The molecule has 1 saturated heterocycles. The lowest BCUT2D eigenvalue weighted by Gasteiger charge is -2.14. The maximum atomic E-state index is 12.3. The van der Waals surface area contributed by atoms with Crippen molar-refractivity contribution in [1.29, 1.82) is 0 Å². The highest BCUT2D eigenvalue weighted by Gasteiger charge is 2.15. The van der Waals surface area contributed by atoms with Crippen LogP contribution in [-0.4, -0.2) is 45.4 Å². The van der Waals surface area contributed by atoms with Crippen LogP contribution in [0, 0.1) is 0 Å². The third-order valence-electron chi connectivity index (χ3n) is 4.58. The number of carbonyl (C=O) groups excluding carboxylic acids is 1. The van der Waals surface area contributed by atoms with Crippen LogP contribution in [0.5, 0.6) is 0 Å². The molecule has 1 aromatic carbocycles. The Bertz CT molecular complexity index is 826. The van der Waals surface area contributed by atoms with Crippen LogP contribution in [0.2, 0.25) is 0 Å². The van der Waals surface area contributed by atoms with E-state index in [1.165, 1.54) is 43.4 Å². The van der Waals surface area contributed by atoms with Crippen molar-refractivity contribution in [1.82, 2.24) is 14.9 Å². The first kappa shape index (κ1) is 19.6. The van der Waals surface area contributed by atoms with Crippen LogP contribution in [0.4, 0.5) is 0 Å². The summed E-state index contributed by atoms with van der Waals surface area (Å²) in [6.07, 6.45) is 4.92. The number of nitrogens with zero attached hydrogens (tertiary/aromatic N) is 1. The summed E-state index contributed by atoms with van der Waals surface area (Å²) in [6.45, 7) is 3.99. The SMILES string of the molecule is O=C(NCCCN1CCCC1)c1ccc(S(=O)(=O)NCc2ccco2)cc1. The molecule has 1 aliphatic heterocycles. The number of sulfonamides is 1. The lowest BCUT2D eigenvalue weighted by molar-refractivity contribution is 0.0952. The van der Waals surface area contributed by atoms with Crippen LogP contribution in [0.3, 0.4) is 0 Å². The second-order valence-electron chi connectivity index (χ2n) is 6.59. The van der Waals surface area contributed by atoms with Gasteiger partial charge in [0.25, 0.3) is 5.91 Å². The predicted octanol–water partition coefficient (Wildman–Crippen LogP) is 1.97. The number of amides is 1. The maximum Gasteiger partial charge on any atom is 0.251 e. The van der Waals surface area contributed by atoms with E-state index in [0.717, 1.165) is 26.1 Å². The Hall–Kier alpha value is -2.16. The smallest absolute Gasteiger partial charge is 0.251 e. The zero-order valence-electron chi connectivity index (χ0n) is 15.2. The fraction of sp³-hybridized carbons (Fsp3) is 0.421. The molecule has 0 aliphatic carbocycles. The molecule has 0 saturated carbocycles. The van der Waals surface area contributed by atoms with E-state index in [0.29, 0.717) is 17.9 Å². The van der Waals surface area contributed by atoms with Gasteiger partial charge in [-0.15, -0.1) is 0 Å². The molecule has 2 aromatic rings. The van der Waals surface area contributed by atoms with Crippen molar-refractivity contribution in [2.45, 2.75) is 30.7 Å². The average Bonchev–Trinajstić information content (AvgIpc) is 3.37. The van der Waals surface area contributed by atoms with E-state index in [-0.39, 0.29) is 17.3 Å². The van der Waals surface area contributed by atoms with E-state index in [4.69, 9.17) is 4.42 Å². The van der Waals surface area contributed by atoms with Crippen LogP contribution >= 0.6 is 0 Å². The molecule has 2 N–H and O–H groups in total.